The van der Waals surface area contributed by atoms with E-state index in [4.69, 9.17) is 0 Å². The predicted molar refractivity (Wildman–Crippen MR) is 350 cm³/mol. The van der Waals surface area contributed by atoms with Gasteiger partial charge in [-0.25, -0.2) is 0 Å². The summed E-state index contributed by atoms with van der Waals surface area (Å²) in [6.45, 7) is 29.2. The lowest BCUT2D eigenvalue weighted by atomic mass is 10.3. The number of para-hydroxylation sites is 1. The van der Waals surface area contributed by atoms with Gasteiger partial charge < -0.3 is 4.44 Å². The number of rotatable bonds is 35. The number of benzene rings is 5. The zero-order valence-corrected chi connectivity index (χ0v) is 54.7. The topological polar surface area (TPSA) is 3.24 Å². The van der Waals surface area contributed by atoms with E-state index in [2.05, 4.69) is 215 Å². The molecule has 73 heavy (non-hydrogen) atoms. The smallest absolute Gasteiger partial charge is 0.0866 e. The molecule has 0 saturated heterocycles. The van der Waals surface area contributed by atoms with Gasteiger partial charge in [0.1, 0.15) is 0 Å². The summed E-state index contributed by atoms with van der Waals surface area (Å²) < 4.78 is 3.01. The third-order valence-electron chi connectivity index (χ3n) is 17.0. The first-order valence-electron chi connectivity index (χ1n) is 30.4. The minimum absolute atomic E-state index is 1.01. The van der Waals surface area contributed by atoms with Crippen molar-refractivity contribution in [3.8, 4) is 0 Å². The molecule has 0 aliphatic rings. The van der Waals surface area contributed by atoms with Crippen molar-refractivity contribution in [2.75, 3.05) is 4.44 Å². The highest BCUT2D eigenvalue weighted by Crippen LogP contribution is 2.57. The second kappa shape index (κ2) is 31.1. The molecule has 0 atom stereocenters. The predicted octanol–water partition coefficient (Wildman–Crippen LogP) is 18.1. The van der Waals surface area contributed by atoms with Crippen LogP contribution in [0.4, 0.5) is 5.69 Å². The van der Waals surface area contributed by atoms with E-state index < -0.39 is 48.4 Å². The van der Waals surface area contributed by atoms with Gasteiger partial charge in [0.05, 0.1) is 48.4 Å². The summed E-state index contributed by atoms with van der Waals surface area (Å²) in [5.74, 6) is 0. The molecule has 0 aliphatic carbocycles. The van der Waals surface area contributed by atoms with Crippen LogP contribution in [0.1, 0.15) is 160 Å². The average molecular weight is 1090 g/mol. The third-order valence-corrected chi connectivity index (χ3v) is 46.2. The van der Waals surface area contributed by atoms with Crippen molar-refractivity contribution in [2.45, 2.75) is 233 Å². The van der Waals surface area contributed by atoms with Gasteiger partial charge in [0.2, 0.25) is 0 Å². The molecule has 5 rings (SSSR count). The fourth-order valence-electron chi connectivity index (χ4n) is 14.4. The molecule has 0 aliphatic heterocycles. The maximum atomic E-state index is 3.01. The van der Waals surface area contributed by atoms with Gasteiger partial charge in [0, 0.05) is 26.9 Å². The summed E-state index contributed by atoms with van der Waals surface area (Å²) in [6.07, 6.45) is 15.4. The molecule has 0 amide bonds. The van der Waals surface area contributed by atoms with Crippen molar-refractivity contribution in [3.63, 3.8) is 0 Å². The zero-order chi connectivity index (χ0) is 52.7. The fraction of sp³-hybridized carbons (Fsp3) is 0.545. The number of nitrogens with zero attached hydrogens (tertiary/aromatic N) is 1. The van der Waals surface area contributed by atoms with Crippen molar-refractivity contribution in [1.82, 2.24) is 0 Å². The molecule has 0 heterocycles. The number of hydrogen-bond acceptors (Lipinski definition) is 1. The monoisotopic (exact) mass is 1090 g/mol. The van der Waals surface area contributed by atoms with Crippen molar-refractivity contribution in [3.05, 3.63) is 127 Å². The van der Waals surface area contributed by atoms with Crippen LogP contribution in [0.5, 0.6) is 0 Å². The quantitative estimate of drug-likeness (QED) is 0.0289. The molecule has 400 valence electrons. The van der Waals surface area contributed by atoms with Crippen LogP contribution in [-0.4, -0.2) is 32.3 Å². The maximum absolute atomic E-state index is 3.01. The molecular formula is C66H105NP2Si4. The fourth-order valence-corrected chi connectivity index (χ4v) is 41.7. The summed E-state index contributed by atoms with van der Waals surface area (Å²) in [6, 6.07) is 70.8. The molecule has 0 N–H and O–H groups in total. The highest BCUT2D eigenvalue weighted by atomic mass is 31.2. The standard InChI is InChI=1S/C66H105NP2Si4/c1-13-46-70(47-14-2,48-15-3)63-38-30-59(31-39-63)68(60-32-40-64(41-33-60)71(49-16-4,50-17-5)51-18-6)67(58-28-26-25-27-29-58)69(61-34-42-65(43-35-61)72(52-19-7,53-20-8)54-21-9)62-36-44-66(45-37-62)73(55-22-10,56-23-11)57-24-12/h25-45H,13-24,46-57H2,1-12H3. The largest absolute Gasteiger partial charge is 0.313 e. The molecule has 0 radical (unpaired) electrons. The Kier molecular flexibility index (Phi) is 26.2. The lowest BCUT2D eigenvalue weighted by molar-refractivity contribution is 0.937. The molecule has 0 saturated carbocycles. The van der Waals surface area contributed by atoms with E-state index >= 15 is 0 Å². The first kappa shape index (κ1) is 61.5. The Balaban J connectivity index is 1.89. The molecule has 0 fully saturated rings. The van der Waals surface area contributed by atoms with Gasteiger partial charge >= 0.3 is 0 Å². The summed E-state index contributed by atoms with van der Waals surface area (Å²) in [4.78, 5) is 0. The van der Waals surface area contributed by atoms with Gasteiger partial charge in [0.25, 0.3) is 0 Å². The maximum Gasteiger partial charge on any atom is 0.0866 e. The van der Waals surface area contributed by atoms with Crippen LogP contribution in [0.3, 0.4) is 0 Å². The minimum Gasteiger partial charge on any atom is -0.313 e. The highest BCUT2D eigenvalue weighted by molar-refractivity contribution is 7.90. The van der Waals surface area contributed by atoms with Crippen LogP contribution in [-0.2, 0) is 0 Å². The van der Waals surface area contributed by atoms with E-state index in [1.807, 2.05) is 0 Å². The Hall–Kier alpha value is -2.37. The van der Waals surface area contributed by atoms with Crippen LogP contribution < -0.4 is 46.4 Å². The molecular weight excluding hydrogens is 981 g/mol. The lowest BCUT2D eigenvalue weighted by Crippen LogP contribution is -2.48. The van der Waals surface area contributed by atoms with E-state index in [0.717, 1.165) is 0 Å². The van der Waals surface area contributed by atoms with E-state index in [9.17, 15) is 0 Å². The molecule has 0 bridgehead atoms. The lowest BCUT2D eigenvalue weighted by Gasteiger charge is -2.42. The molecule has 0 aromatic heterocycles. The van der Waals surface area contributed by atoms with Crippen LogP contribution in [0, 0.1) is 0 Å². The molecule has 5 aromatic carbocycles. The van der Waals surface area contributed by atoms with Gasteiger partial charge in [-0.15, -0.1) is 0 Å². The van der Waals surface area contributed by atoms with Gasteiger partial charge in [0.15, 0.2) is 0 Å². The molecule has 5 aromatic rings. The molecule has 0 spiro atoms. The highest BCUT2D eigenvalue weighted by Gasteiger charge is 2.39. The van der Waals surface area contributed by atoms with Crippen molar-refractivity contribution in [1.29, 1.82) is 0 Å². The normalized spacial score (nSPS) is 12.6. The number of hydrogen-bond donors (Lipinski definition) is 0. The molecule has 1 nitrogen and oxygen atoms in total. The van der Waals surface area contributed by atoms with Gasteiger partial charge in [-0.1, -0.05) is 369 Å². The zero-order valence-electron chi connectivity index (χ0n) is 48.9. The summed E-state index contributed by atoms with van der Waals surface area (Å²) >= 11 is 0. The van der Waals surface area contributed by atoms with Crippen LogP contribution in [0.25, 0.3) is 0 Å². The van der Waals surface area contributed by atoms with E-state index in [0.29, 0.717) is 0 Å². The second-order valence-electron chi connectivity index (χ2n) is 22.6. The summed E-state index contributed by atoms with van der Waals surface area (Å²) in [5.41, 5.74) is 1.35. The Morgan fingerprint density at radius 1 is 0.247 bits per heavy atom. The van der Waals surface area contributed by atoms with E-state index in [1.165, 1.54) is 176 Å². The Morgan fingerprint density at radius 2 is 0.425 bits per heavy atom. The van der Waals surface area contributed by atoms with Gasteiger partial charge in [-0.3, -0.25) is 0 Å². The Labute approximate surface area is 457 Å². The minimum atomic E-state index is -1.65. The van der Waals surface area contributed by atoms with Crippen molar-refractivity contribution >= 4 is 96.1 Å². The van der Waals surface area contributed by atoms with Gasteiger partial charge in [-0.05, 0) is 12.1 Å². The molecule has 7 heteroatoms. The average Bonchev–Trinajstić information content (AvgIpc) is 3.40. The van der Waals surface area contributed by atoms with Crippen molar-refractivity contribution in [2.24, 2.45) is 0 Å². The van der Waals surface area contributed by atoms with E-state index in [1.54, 1.807) is 20.7 Å². The van der Waals surface area contributed by atoms with Gasteiger partial charge in [-0.2, -0.15) is 0 Å². The number of anilines is 1. The Morgan fingerprint density at radius 3 is 0.589 bits per heavy atom. The first-order chi connectivity index (χ1) is 35.6. The Bertz CT molecular complexity index is 1910. The summed E-state index contributed by atoms with van der Waals surface area (Å²) in [7, 11) is -8.61. The summed E-state index contributed by atoms with van der Waals surface area (Å²) in [5, 5.41) is 12.7. The van der Waals surface area contributed by atoms with Crippen molar-refractivity contribution < 1.29 is 0 Å². The van der Waals surface area contributed by atoms with Crippen LogP contribution in [0.15, 0.2) is 127 Å². The molecule has 0 unspecified atom stereocenters. The second-order valence-corrected chi connectivity index (χ2v) is 45.5. The van der Waals surface area contributed by atoms with E-state index in [-0.39, 0.29) is 0 Å². The van der Waals surface area contributed by atoms with Crippen LogP contribution >= 0.6 is 16.1 Å². The first-order valence-corrected chi connectivity index (χ1v) is 43.5. The van der Waals surface area contributed by atoms with Crippen LogP contribution in [0.2, 0.25) is 72.5 Å². The third kappa shape index (κ3) is 15.0. The SMILES string of the molecule is CCC[Si](CCC)(CCC)c1ccc(P(c2ccc([Si](CCC)(CCC)CCC)cc2)N(c2ccccc2)P(c2ccc([Si](CCC)(CCC)CCC)cc2)c2ccc([Si](CCC)(CCC)CCC)cc2)cc1.